The monoisotopic (exact) mass is 454 g/mol. The molecular formula is C16H31IN4OS. The van der Waals surface area contributed by atoms with Crippen LogP contribution in [0.2, 0.25) is 0 Å². The molecule has 0 aliphatic heterocycles. The van der Waals surface area contributed by atoms with Gasteiger partial charge in [0.1, 0.15) is 6.54 Å². The standard InChI is InChI=1S/C16H30N4OS.HI/c1-4-11-22-12-10-17-16(18-13-15(21)20(2)3)19-14-8-6-5-7-9-14;/h4,14H,1,5-13H2,2-3H3,(H2,17,18,19);1H. The molecule has 0 saturated heterocycles. The molecule has 0 atom stereocenters. The van der Waals surface area contributed by atoms with Gasteiger partial charge in [-0.3, -0.25) is 4.79 Å². The second-order valence-corrected chi connectivity index (χ2v) is 6.87. The van der Waals surface area contributed by atoms with E-state index in [1.807, 2.05) is 17.8 Å². The first kappa shape index (κ1) is 22.6. The zero-order valence-corrected chi connectivity index (χ0v) is 17.5. The van der Waals surface area contributed by atoms with E-state index in [-0.39, 0.29) is 36.4 Å². The lowest BCUT2D eigenvalue weighted by Crippen LogP contribution is -2.45. The summed E-state index contributed by atoms with van der Waals surface area (Å²) < 4.78 is 0. The molecule has 5 nitrogen and oxygen atoms in total. The Morgan fingerprint density at radius 1 is 1.35 bits per heavy atom. The highest BCUT2D eigenvalue weighted by Gasteiger charge is 2.15. The number of hydrogen-bond donors (Lipinski definition) is 2. The minimum Gasteiger partial charge on any atom is -0.356 e. The highest BCUT2D eigenvalue weighted by Crippen LogP contribution is 2.17. The summed E-state index contributed by atoms with van der Waals surface area (Å²) in [6.45, 7) is 4.75. The van der Waals surface area contributed by atoms with Crippen molar-refractivity contribution < 1.29 is 4.79 Å². The summed E-state index contributed by atoms with van der Waals surface area (Å²) in [6.07, 6.45) is 8.17. The lowest BCUT2D eigenvalue weighted by atomic mass is 9.96. The Morgan fingerprint density at radius 2 is 2.04 bits per heavy atom. The maximum absolute atomic E-state index is 11.7. The molecule has 1 aliphatic rings. The van der Waals surface area contributed by atoms with Gasteiger partial charge in [-0.15, -0.1) is 30.6 Å². The molecule has 0 aromatic rings. The van der Waals surface area contributed by atoms with Crippen molar-refractivity contribution in [3.63, 3.8) is 0 Å². The van der Waals surface area contributed by atoms with Crippen LogP contribution in [0.5, 0.6) is 0 Å². The molecule has 0 aromatic carbocycles. The van der Waals surface area contributed by atoms with Gasteiger partial charge in [-0.05, 0) is 12.8 Å². The number of guanidine groups is 1. The fraction of sp³-hybridized carbons (Fsp3) is 0.750. The van der Waals surface area contributed by atoms with E-state index in [0.29, 0.717) is 6.04 Å². The van der Waals surface area contributed by atoms with Crippen molar-refractivity contribution in [1.82, 2.24) is 15.5 Å². The third-order valence-electron chi connectivity index (χ3n) is 3.59. The number of carbonyl (C=O) groups excluding carboxylic acids is 1. The van der Waals surface area contributed by atoms with Crippen LogP contribution in [0.25, 0.3) is 0 Å². The quantitative estimate of drug-likeness (QED) is 0.195. The summed E-state index contributed by atoms with van der Waals surface area (Å²) in [5, 5.41) is 6.81. The summed E-state index contributed by atoms with van der Waals surface area (Å²) >= 11 is 1.83. The van der Waals surface area contributed by atoms with E-state index < -0.39 is 0 Å². The third-order valence-corrected chi connectivity index (χ3v) is 4.56. The largest absolute Gasteiger partial charge is 0.356 e. The van der Waals surface area contributed by atoms with Crippen LogP contribution in [0.1, 0.15) is 32.1 Å². The van der Waals surface area contributed by atoms with Gasteiger partial charge in [0.05, 0.1) is 0 Å². The minimum atomic E-state index is 0. The normalized spacial score (nSPS) is 15.5. The lowest BCUT2D eigenvalue weighted by molar-refractivity contribution is -0.127. The third kappa shape index (κ3) is 10.9. The van der Waals surface area contributed by atoms with E-state index in [1.165, 1.54) is 32.1 Å². The number of thioether (sulfide) groups is 1. The van der Waals surface area contributed by atoms with Gasteiger partial charge in [0.15, 0.2) is 5.96 Å². The Bertz CT molecular complexity index is 371. The number of rotatable bonds is 8. The second kappa shape index (κ2) is 13.9. The first-order valence-electron chi connectivity index (χ1n) is 8.07. The van der Waals surface area contributed by atoms with Crippen LogP contribution in [0.15, 0.2) is 17.6 Å². The molecule has 1 aliphatic carbocycles. The zero-order valence-electron chi connectivity index (χ0n) is 14.3. The summed E-state index contributed by atoms with van der Waals surface area (Å²) in [7, 11) is 3.51. The van der Waals surface area contributed by atoms with E-state index in [1.54, 1.807) is 19.0 Å². The van der Waals surface area contributed by atoms with Crippen LogP contribution < -0.4 is 10.6 Å². The summed E-state index contributed by atoms with van der Waals surface area (Å²) in [5.41, 5.74) is 0. The Balaban J connectivity index is 0.00000484. The number of aliphatic imine (C=N–C) groups is 1. The molecule has 1 amide bonds. The van der Waals surface area contributed by atoms with Gasteiger partial charge in [-0.25, -0.2) is 4.99 Å². The Kier molecular flexibility index (Phi) is 13.7. The molecule has 1 saturated carbocycles. The zero-order chi connectivity index (χ0) is 16.2. The smallest absolute Gasteiger partial charge is 0.243 e. The molecule has 23 heavy (non-hydrogen) atoms. The van der Waals surface area contributed by atoms with Gasteiger partial charge >= 0.3 is 0 Å². The number of carbonyl (C=O) groups is 1. The number of halogens is 1. The maximum atomic E-state index is 11.7. The first-order valence-corrected chi connectivity index (χ1v) is 9.22. The number of hydrogen-bond acceptors (Lipinski definition) is 3. The Morgan fingerprint density at radius 3 is 2.65 bits per heavy atom. The maximum Gasteiger partial charge on any atom is 0.243 e. The topological polar surface area (TPSA) is 56.7 Å². The van der Waals surface area contributed by atoms with Crippen molar-refractivity contribution >= 4 is 47.6 Å². The number of amides is 1. The van der Waals surface area contributed by atoms with Crippen molar-refractivity contribution in [2.45, 2.75) is 38.1 Å². The fourth-order valence-corrected chi connectivity index (χ4v) is 2.87. The molecular weight excluding hydrogens is 423 g/mol. The van der Waals surface area contributed by atoms with Gasteiger partial charge in [-0.1, -0.05) is 25.3 Å². The predicted molar refractivity (Wildman–Crippen MR) is 112 cm³/mol. The molecule has 0 unspecified atom stereocenters. The van der Waals surface area contributed by atoms with Crippen LogP contribution in [0.4, 0.5) is 0 Å². The van der Waals surface area contributed by atoms with E-state index in [0.717, 1.165) is 24.0 Å². The van der Waals surface area contributed by atoms with Crippen molar-refractivity contribution in [3.05, 3.63) is 12.7 Å². The molecule has 0 spiro atoms. The summed E-state index contributed by atoms with van der Waals surface area (Å²) in [5.74, 6) is 2.74. The fourth-order valence-electron chi connectivity index (χ4n) is 2.29. The van der Waals surface area contributed by atoms with Gasteiger partial charge in [0.2, 0.25) is 5.91 Å². The predicted octanol–water partition coefficient (Wildman–Crippen LogP) is 2.48. The van der Waals surface area contributed by atoms with E-state index in [4.69, 9.17) is 0 Å². The average Bonchev–Trinajstić information content (AvgIpc) is 2.52. The molecule has 0 radical (unpaired) electrons. The molecule has 7 heteroatoms. The van der Waals surface area contributed by atoms with Crippen molar-refractivity contribution in [1.29, 1.82) is 0 Å². The van der Waals surface area contributed by atoms with Gasteiger partial charge in [0.25, 0.3) is 0 Å². The van der Waals surface area contributed by atoms with Gasteiger partial charge < -0.3 is 15.5 Å². The molecule has 0 aromatic heterocycles. The van der Waals surface area contributed by atoms with Gasteiger partial charge in [0, 0.05) is 38.2 Å². The van der Waals surface area contributed by atoms with Gasteiger partial charge in [-0.2, -0.15) is 11.8 Å². The van der Waals surface area contributed by atoms with Crippen molar-refractivity contribution in [3.8, 4) is 0 Å². The van der Waals surface area contributed by atoms with Crippen molar-refractivity contribution in [2.75, 3.05) is 38.7 Å². The molecule has 2 N–H and O–H groups in total. The Labute approximate surface area is 162 Å². The highest BCUT2D eigenvalue weighted by atomic mass is 127. The van der Waals surface area contributed by atoms with Crippen LogP contribution in [-0.2, 0) is 4.79 Å². The summed E-state index contributed by atoms with van der Waals surface area (Å²) in [4.78, 5) is 17.7. The van der Waals surface area contributed by atoms with E-state index in [9.17, 15) is 4.79 Å². The van der Waals surface area contributed by atoms with E-state index in [2.05, 4.69) is 22.2 Å². The lowest BCUT2D eigenvalue weighted by Gasteiger charge is -2.25. The molecule has 0 heterocycles. The van der Waals surface area contributed by atoms with Crippen LogP contribution in [0, 0.1) is 0 Å². The molecule has 134 valence electrons. The molecule has 1 rings (SSSR count). The van der Waals surface area contributed by atoms with E-state index >= 15 is 0 Å². The number of nitrogens with zero attached hydrogens (tertiary/aromatic N) is 2. The number of nitrogens with one attached hydrogen (secondary N) is 2. The molecule has 0 bridgehead atoms. The molecule has 1 fully saturated rings. The van der Waals surface area contributed by atoms with Crippen LogP contribution in [-0.4, -0.2) is 61.5 Å². The minimum absolute atomic E-state index is 0. The van der Waals surface area contributed by atoms with Crippen molar-refractivity contribution in [2.24, 2.45) is 4.99 Å². The van der Waals surface area contributed by atoms with Crippen LogP contribution in [0.3, 0.4) is 0 Å². The SMILES string of the molecule is C=CCSCCNC(=NCC(=O)N(C)C)NC1CCCCC1.I. The first-order chi connectivity index (χ1) is 10.6. The second-order valence-electron chi connectivity index (χ2n) is 5.72. The average molecular weight is 454 g/mol. The summed E-state index contributed by atoms with van der Waals surface area (Å²) in [6, 6.07) is 0.482. The number of likely N-dealkylation sites (N-methyl/N-ethyl adjacent to an activating group) is 1. The van der Waals surface area contributed by atoms with Crippen LogP contribution >= 0.6 is 35.7 Å². The highest BCUT2D eigenvalue weighted by molar-refractivity contribution is 14.0. The Hall–Kier alpha value is -0.440.